The van der Waals surface area contributed by atoms with Crippen molar-refractivity contribution in [1.29, 1.82) is 0 Å². The van der Waals surface area contributed by atoms with Crippen molar-refractivity contribution in [3.05, 3.63) is 82.8 Å². The molecule has 0 bridgehead atoms. The number of thiazole rings is 1. The molecule has 0 saturated carbocycles. The highest BCUT2D eigenvalue weighted by atomic mass is 32.1. The second-order valence-electron chi connectivity index (χ2n) is 7.56. The number of H-pyrrole nitrogens is 1. The van der Waals surface area contributed by atoms with Crippen LogP contribution in [0.1, 0.15) is 28.2 Å². The Labute approximate surface area is 180 Å². The number of rotatable bonds is 3. The Morgan fingerprint density at radius 2 is 2.16 bits per heavy atom. The van der Waals surface area contributed by atoms with Crippen molar-refractivity contribution in [2.45, 2.75) is 18.9 Å². The second-order valence-corrected chi connectivity index (χ2v) is 8.67. The van der Waals surface area contributed by atoms with Crippen LogP contribution < -0.4 is 0 Å². The van der Waals surface area contributed by atoms with E-state index in [1.54, 1.807) is 29.4 Å². The topological polar surface area (TPSA) is 75.0 Å². The van der Waals surface area contributed by atoms with Crippen LogP contribution in [-0.2, 0) is 17.6 Å². The summed E-state index contributed by atoms with van der Waals surface area (Å²) in [6, 6.07) is 13.8. The first-order valence-electron chi connectivity index (χ1n) is 10.0. The molecule has 4 heterocycles. The highest BCUT2D eigenvalue weighted by Gasteiger charge is 2.36. The van der Waals surface area contributed by atoms with E-state index in [-0.39, 0.29) is 18.1 Å². The number of benzene rings is 2. The number of halogens is 1. The molecule has 6 rings (SSSR count). The zero-order valence-corrected chi connectivity index (χ0v) is 17.2. The highest BCUT2D eigenvalue weighted by Crippen LogP contribution is 2.37. The Morgan fingerprint density at radius 1 is 1.26 bits per heavy atom. The lowest BCUT2D eigenvalue weighted by molar-refractivity contribution is -0.133. The number of carbonyl (C=O) groups excluding carboxylic acids is 1. The average molecular weight is 432 g/mol. The van der Waals surface area contributed by atoms with Gasteiger partial charge in [-0.25, -0.2) is 14.4 Å². The Morgan fingerprint density at radius 3 is 3.03 bits per heavy atom. The van der Waals surface area contributed by atoms with Gasteiger partial charge in [0.15, 0.2) is 0 Å². The van der Waals surface area contributed by atoms with Crippen molar-refractivity contribution in [3.8, 4) is 0 Å². The first-order chi connectivity index (χ1) is 15.2. The third kappa shape index (κ3) is 3.02. The van der Waals surface area contributed by atoms with Gasteiger partial charge in [-0.05, 0) is 30.3 Å². The summed E-state index contributed by atoms with van der Waals surface area (Å²) in [6.45, 7) is 0.517. The van der Waals surface area contributed by atoms with Crippen molar-refractivity contribution in [2.24, 2.45) is 0 Å². The van der Waals surface area contributed by atoms with Gasteiger partial charge >= 0.3 is 0 Å². The third-order valence-corrected chi connectivity index (χ3v) is 6.72. The standard InChI is InChI=1S/C23H17FN4O2S/c24-14-4-3-6-17-13(14)10-18(30-17)23-22-16(25-12-26-22)8-9-28(23)21(29)11-20-27-15-5-1-2-7-19(15)31-20/h1-7,10,12,23H,8-9,11H2,(H,25,26)/t23-/m0/s1. The molecule has 0 unspecified atom stereocenters. The lowest BCUT2D eigenvalue weighted by Crippen LogP contribution is -2.41. The molecule has 6 nitrogen and oxygen atoms in total. The molecule has 0 aliphatic carbocycles. The Bertz CT molecular complexity index is 1400. The van der Waals surface area contributed by atoms with E-state index < -0.39 is 6.04 Å². The normalized spacial score (nSPS) is 16.2. The van der Waals surface area contributed by atoms with Crippen LogP contribution in [0.25, 0.3) is 21.2 Å². The summed E-state index contributed by atoms with van der Waals surface area (Å²) in [7, 11) is 0. The van der Waals surface area contributed by atoms with E-state index in [0.717, 1.165) is 26.6 Å². The van der Waals surface area contributed by atoms with Crippen LogP contribution in [0, 0.1) is 5.82 Å². The van der Waals surface area contributed by atoms with E-state index in [1.807, 2.05) is 24.3 Å². The molecule has 154 valence electrons. The summed E-state index contributed by atoms with van der Waals surface area (Å²) < 4.78 is 21.3. The highest BCUT2D eigenvalue weighted by molar-refractivity contribution is 7.18. The monoisotopic (exact) mass is 432 g/mol. The number of furan rings is 1. The number of amides is 1. The molecule has 8 heteroatoms. The molecule has 1 aliphatic rings. The summed E-state index contributed by atoms with van der Waals surface area (Å²) in [5.74, 6) is 0.0994. The predicted octanol–water partition coefficient (Wildman–Crippen LogP) is 4.62. The van der Waals surface area contributed by atoms with Crippen molar-refractivity contribution in [3.63, 3.8) is 0 Å². The number of aromatic amines is 1. The van der Waals surface area contributed by atoms with E-state index in [2.05, 4.69) is 15.0 Å². The lowest BCUT2D eigenvalue weighted by atomic mass is 9.99. The van der Waals surface area contributed by atoms with Crippen LogP contribution in [0.3, 0.4) is 0 Å². The number of hydrogen-bond donors (Lipinski definition) is 1. The molecule has 0 spiro atoms. The van der Waals surface area contributed by atoms with E-state index in [0.29, 0.717) is 29.7 Å². The van der Waals surface area contributed by atoms with Crippen molar-refractivity contribution in [2.75, 3.05) is 6.54 Å². The molecule has 5 aromatic rings. The minimum Gasteiger partial charge on any atom is -0.458 e. The molecular weight excluding hydrogens is 415 g/mol. The van der Waals surface area contributed by atoms with Crippen LogP contribution >= 0.6 is 11.3 Å². The van der Waals surface area contributed by atoms with E-state index >= 15 is 0 Å². The zero-order chi connectivity index (χ0) is 20.9. The molecular formula is C23H17FN4O2S. The van der Waals surface area contributed by atoms with Gasteiger partial charge in [0.1, 0.15) is 28.2 Å². The van der Waals surface area contributed by atoms with E-state index in [9.17, 15) is 9.18 Å². The summed E-state index contributed by atoms with van der Waals surface area (Å²) in [5.41, 5.74) is 3.06. The molecule has 1 aliphatic heterocycles. The number of nitrogens with zero attached hydrogens (tertiary/aromatic N) is 3. The summed E-state index contributed by atoms with van der Waals surface area (Å²) in [6.07, 6.45) is 2.50. The smallest absolute Gasteiger partial charge is 0.230 e. The largest absolute Gasteiger partial charge is 0.458 e. The predicted molar refractivity (Wildman–Crippen MR) is 115 cm³/mol. The van der Waals surface area contributed by atoms with Gasteiger partial charge < -0.3 is 14.3 Å². The third-order valence-electron chi connectivity index (χ3n) is 5.68. The molecule has 3 aromatic heterocycles. The molecule has 1 amide bonds. The van der Waals surface area contributed by atoms with Gasteiger partial charge in [0.2, 0.25) is 5.91 Å². The molecule has 31 heavy (non-hydrogen) atoms. The second kappa shape index (κ2) is 7.02. The molecule has 2 aromatic carbocycles. The average Bonchev–Trinajstić information content (AvgIpc) is 3.50. The van der Waals surface area contributed by atoms with Gasteiger partial charge in [-0.1, -0.05) is 18.2 Å². The summed E-state index contributed by atoms with van der Waals surface area (Å²) in [5, 5.41) is 1.17. The van der Waals surface area contributed by atoms with E-state index in [4.69, 9.17) is 4.42 Å². The van der Waals surface area contributed by atoms with Crippen LogP contribution in [0.15, 0.2) is 59.3 Å². The fraction of sp³-hybridized carbons (Fsp3) is 0.174. The Kier molecular flexibility index (Phi) is 4.14. The maximum absolute atomic E-state index is 14.3. The minimum atomic E-state index is -0.510. The van der Waals surface area contributed by atoms with Gasteiger partial charge in [-0.3, -0.25) is 4.79 Å². The first kappa shape index (κ1) is 18.3. The number of carbonyl (C=O) groups is 1. The van der Waals surface area contributed by atoms with Gasteiger partial charge in [-0.15, -0.1) is 11.3 Å². The maximum atomic E-state index is 14.3. The molecule has 0 radical (unpaired) electrons. The number of aromatic nitrogens is 3. The number of fused-ring (bicyclic) bond motifs is 3. The number of imidazole rings is 1. The van der Waals surface area contributed by atoms with Crippen molar-refractivity contribution in [1.82, 2.24) is 19.9 Å². The minimum absolute atomic E-state index is 0.0568. The molecule has 0 saturated heterocycles. The summed E-state index contributed by atoms with van der Waals surface area (Å²) in [4.78, 5) is 27.4. The first-order valence-corrected chi connectivity index (χ1v) is 10.8. The number of hydrogen-bond acceptors (Lipinski definition) is 5. The fourth-order valence-electron chi connectivity index (χ4n) is 4.24. The van der Waals surface area contributed by atoms with Crippen LogP contribution in [0.5, 0.6) is 0 Å². The van der Waals surface area contributed by atoms with Gasteiger partial charge in [0.25, 0.3) is 0 Å². The summed E-state index contributed by atoms with van der Waals surface area (Å²) >= 11 is 1.53. The maximum Gasteiger partial charge on any atom is 0.230 e. The quantitative estimate of drug-likeness (QED) is 0.451. The SMILES string of the molecule is O=C(Cc1nc2ccccc2s1)N1CCc2[nH]cnc2[C@@H]1c1cc2c(F)cccc2o1. The lowest BCUT2D eigenvalue weighted by Gasteiger charge is -2.33. The van der Waals surface area contributed by atoms with Crippen molar-refractivity contribution < 1.29 is 13.6 Å². The van der Waals surface area contributed by atoms with Crippen molar-refractivity contribution >= 4 is 38.4 Å². The Hall–Kier alpha value is -3.52. The molecule has 0 fully saturated rings. The number of para-hydroxylation sites is 1. The zero-order valence-electron chi connectivity index (χ0n) is 16.3. The van der Waals surface area contributed by atoms with E-state index in [1.165, 1.54) is 17.4 Å². The fourth-order valence-corrected chi connectivity index (χ4v) is 5.20. The Balaban J connectivity index is 1.39. The number of nitrogens with one attached hydrogen (secondary N) is 1. The molecule has 1 N–H and O–H groups in total. The molecule has 1 atom stereocenters. The van der Waals surface area contributed by atoms with Crippen LogP contribution in [-0.4, -0.2) is 32.3 Å². The van der Waals surface area contributed by atoms with Crippen LogP contribution in [0.4, 0.5) is 4.39 Å². The van der Waals surface area contributed by atoms with Gasteiger partial charge in [-0.2, -0.15) is 0 Å². The van der Waals surface area contributed by atoms with Crippen LogP contribution in [0.2, 0.25) is 0 Å². The van der Waals surface area contributed by atoms with Gasteiger partial charge in [0.05, 0.1) is 34.0 Å². The van der Waals surface area contributed by atoms with Gasteiger partial charge in [0, 0.05) is 18.7 Å².